The molecule has 0 unspecified atom stereocenters. The molecule has 8 heteroatoms. The Morgan fingerprint density at radius 2 is 1.69 bits per heavy atom. The van der Waals surface area contributed by atoms with Gasteiger partial charge in [-0.2, -0.15) is 0 Å². The van der Waals surface area contributed by atoms with Crippen LogP contribution in [-0.2, 0) is 9.59 Å². The van der Waals surface area contributed by atoms with Crippen LogP contribution in [0.4, 0.5) is 5.69 Å². The summed E-state index contributed by atoms with van der Waals surface area (Å²) in [6, 6.07) is 13.2. The number of aliphatic hydroxyl groups excluding tert-OH is 2. The van der Waals surface area contributed by atoms with E-state index < -0.39 is 30.4 Å². The van der Waals surface area contributed by atoms with Crippen molar-refractivity contribution in [3.63, 3.8) is 0 Å². The SMILES string of the molecule is C[C@@H](O)[C@H](NC(=O)c1ccc(C#Cc2ccc(NC(=O)CCC[C@H]3CCCN3)cc2)cc1)C(=O)CO. The highest BCUT2D eigenvalue weighted by molar-refractivity contribution is 5.98. The summed E-state index contributed by atoms with van der Waals surface area (Å²) in [5, 5.41) is 27.5. The van der Waals surface area contributed by atoms with Gasteiger partial charge in [-0.15, -0.1) is 0 Å². The van der Waals surface area contributed by atoms with Gasteiger partial charge in [0.1, 0.15) is 12.6 Å². The molecule has 1 aliphatic heterocycles. The molecule has 2 aromatic carbocycles. The van der Waals surface area contributed by atoms with Crippen LogP contribution >= 0.6 is 0 Å². The van der Waals surface area contributed by atoms with Crippen molar-refractivity contribution in [1.82, 2.24) is 10.6 Å². The fourth-order valence-corrected chi connectivity index (χ4v) is 4.01. The van der Waals surface area contributed by atoms with Crippen molar-refractivity contribution in [3.8, 4) is 11.8 Å². The summed E-state index contributed by atoms with van der Waals surface area (Å²) in [4.78, 5) is 36.2. The van der Waals surface area contributed by atoms with Crippen LogP contribution in [0.3, 0.4) is 0 Å². The highest BCUT2D eigenvalue weighted by Gasteiger charge is 2.25. The van der Waals surface area contributed by atoms with E-state index in [1.165, 1.54) is 19.8 Å². The summed E-state index contributed by atoms with van der Waals surface area (Å²) >= 11 is 0. The lowest BCUT2D eigenvalue weighted by Crippen LogP contribution is -2.48. The maximum absolute atomic E-state index is 12.4. The zero-order chi connectivity index (χ0) is 25.9. The Kier molecular flexibility index (Phi) is 10.2. The number of Topliss-reactive ketones (excluding diaryl/α,β-unsaturated/α-hetero) is 1. The molecular formula is C28H33N3O5. The first-order valence-electron chi connectivity index (χ1n) is 12.2. The average Bonchev–Trinajstić information content (AvgIpc) is 3.40. The third-order valence-electron chi connectivity index (χ3n) is 6.06. The second-order valence-electron chi connectivity index (χ2n) is 8.95. The van der Waals surface area contributed by atoms with E-state index in [2.05, 4.69) is 27.8 Å². The van der Waals surface area contributed by atoms with E-state index in [0.29, 0.717) is 23.6 Å². The predicted octanol–water partition coefficient (Wildman–Crippen LogP) is 1.99. The maximum Gasteiger partial charge on any atom is 0.251 e. The van der Waals surface area contributed by atoms with Crippen LogP contribution in [0.5, 0.6) is 0 Å². The molecule has 1 heterocycles. The standard InChI is InChI=1S/C28H33N3O5/c1-19(33)27(25(34)18-32)31-28(36)22-13-9-20(10-14-22)7-8-21-11-15-24(16-12-21)30-26(35)6-2-4-23-5-3-17-29-23/h9-16,19,23,27,29,32-33H,2-6,17-18H2,1H3,(H,30,35)(H,31,36)/t19-,23+,27+/m1/s1. The van der Waals surface area contributed by atoms with Gasteiger partial charge in [-0.1, -0.05) is 11.8 Å². The average molecular weight is 492 g/mol. The lowest BCUT2D eigenvalue weighted by atomic mass is 10.1. The fraction of sp³-hybridized carbons (Fsp3) is 0.393. The predicted molar refractivity (Wildman–Crippen MR) is 137 cm³/mol. The summed E-state index contributed by atoms with van der Waals surface area (Å²) in [6.45, 7) is 1.68. The van der Waals surface area contributed by atoms with E-state index in [1.54, 1.807) is 24.3 Å². The molecule has 1 saturated heterocycles. The molecule has 2 amide bonds. The number of hydrogen-bond donors (Lipinski definition) is 5. The van der Waals surface area contributed by atoms with Gasteiger partial charge in [0.2, 0.25) is 5.91 Å². The molecule has 2 aromatic rings. The molecule has 36 heavy (non-hydrogen) atoms. The zero-order valence-corrected chi connectivity index (χ0v) is 20.4. The van der Waals surface area contributed by atoms with Gasteiger partial charge in [0.15, 0.2) is 5.78 Å². The van der Waals surface area contributed by atoms with Crippen molar-refractivity contribution in [2.75, 3.05) is 18.5 Å². The Labute approximate surface area is 211 Å². The lowest BCUT2D eigenvalue weighted by molar-refractivity contribution is -0.126. The number of amides is 2. The van der Waals surface area contributed by atoms with Gasteiger partial charge in [0, 0.05) is 34.8 Å². The van der Waals surface area contributed by atoms with Crippen molar-refractivity contribution < 1.29 is 24.6 Å². The molecule has 3 atom stereocenters. The number of ketones is 1. The minimum absolute atomic E-state index is 0.0106. The summed E-state index contributed by atoms with van der Waals surface area (Å²) in [7, 11) is 0. The van der Waals surface area contributed by atoms with Gasteiger partial charge >= 0.3 is 0 Å². The molecule has 1 fully saturated rings. The summed E-state index contributed by atoms with van der Waals surface area (Å²) in [5.74, 6) is 4.89. The normalized spacial score (nSPS) is 16.4. The maximum atomic E-state index is 12.4. The number of aliphatic hydroxyl groups is 2. The Morgan fingerprint density at radius 1 is 1.06 bits per heavy atom. The van der Waals surface area contributed by atoms with Gasteiger partial charge in [-0.25, -0.2) is 0 Å². The first-order valence-corrected chi connectivity index (χ1v) is 12.2. The van der Waals surface area contributed by atoms with Crippen LogP contribution in [0.15, 0.2) is 48.5 Å². The van der Waals surface area contributed by atoms with Crippen LogP contribution in [0.2, 0.25) is 0 Å². The van der Waals surface area contributed by atoms with Crippen molar-refractivity contribution in [1.29, 1.82) is 0 Å². The van der Waals surface area contributed by atoms with Crippen molar-refractivity contribution in [3.05, 3.63) is 65.2 Å². The molecule has 0 radical (unpaired) electrons. The van der Waals surface area contributed by atoms with E-state index in [4.69, 9.17) is 5.11 Å². The monoisotopic (exact) mass is 491 g/mol. The van der Waals surface area contributed by atoms with E-state index in [1.807, 2.05) is 24.3 Å². The Balaban J connectivity index is 1.49. The topological polar surface area (TPSA) is 128 Å². The molecule has 0 aliphatic carbocycles. The summed E-state index contributed by atoms with van der Waals surface area (Å²) < 4.78 is 0. The first-order chi connectivity index (χ1) is 17.4. The van der Waals surface area contributed by atoms with Gasteiger partial charge in [-0.3, -0.25) is 14.4 Å². The number of hydrogen-bond acceptors (Lipinski definition) is 6. The summed E-state index contributed by atoms with van der Waals surface area (Å²) in [5.41, 5.74) is 2.51. The van der Waals surface area contributed by atoms with Crippen LogP contribution < -0.4 is 16.0 Å². The molecule has 0 spiro atoms. The Bertz CT molecular complexity index is 1090. The molecule has 0 bridgehead atoms. The minimum atomic E-state index is -1.18. The second-order valence-corrected chi connectivity index (χ2v) is 8.95. The van der Waals surface area contributed by atoms with Crippen molar-refractivity contribution >= 4 is 23.3 Å². The van der Waals surface area contributed by atoms with Gasteiger partial charge in [0.05, 0.1) is 6.10 Å². The van der Waals surface area contributed by atoms with Crippen LogP contribution in [0.1, 0.15) is 60.5 Å². The van der Waals surface area contributed by atoms with Gasteiger partial charge in [0.25, 0.3) is 5.91 Å². The van der Waals surface area contributed by atoms with Crippen molar-refractivity contribution in [2.45, 2.75) is 57.2 Å². The minimum Gasteiger partial charge on any atom is -0.391 e. The third-order valence-corrected chi connectivity index (χ3v) is 6.06. The molecular weight excluding hydrogens is 458 g/mol. The van der Waals surface area contributed by atoms with E-state index >= 15 is 0 Å². The number of anilines is 1. The van der Waals surface area contributed by atoms with Crippen LogP contribution in [0.25, 0.3) is 0 Å². The van der Waals surface area contributed by atoms with Gasteiger partial charge < -0.3 is 26.2 Å². The van der Waals surface area contributed by atoms with E-state index in [9.17, 15) is 19.5 Å². The number of carbonyl (C=O) groups is 3. The number of rotatable bonds is 10. The number of benzene rings is 2. The fourth-order valence-electron chi connectivity index (χ4n) is 4.01. The van der Waals surface area contributed by atoms with E-state index in [0.717, 1.165) is 30.6 Å². The highest BCUT2D eigenvalue weighted by atomic mass is 16.3. The highest BCUT2D eigenvalue weighted by Crippen LogP contribution is 2.14. The largest absolute Gasteiger partial charge is 0.391 e. The number of carbonyl (C=O) groups excluding carboxylic acids is 3. The molecule has 190 valence electrons. The molecule has 1 aliphatic rings. The van der Waals surface area contributed by atoms with Gasteiger partial charge in [-0.05, 0) is 87.7 Å². The molecule has 0 saturated carbocycles. The van der Waals surface area contributed by atoms with Crippen molar-refractivity contribution in [2.24, 2.45) is 0 Å². The molecule has 8 nitrogen and oxygen atoms in total. The number of nitrogens with one attached hydrogen (secondary N) is 3. The van der Waals surface area contributed by atoms with Crippen LogP contribution in [-0.4, -0.2) is 59.1 Å². The lowest BCUT2D eigenvalue weighted by Gasteiger charge is -2.19. The summed E-state index contributed by atoms with van der Waals surface area (Å²) in [6.07, 6.45) is 3.69. The quantitative estimate of drug-likeness (QED) is 0.324. The smallest absolute Gasteiger partial charge is 0.251 e. The zero-order valence-electron chi connectivity index (χ0n) is 20.4. The third kappa shape index (κ3) is 8.31. The second kappa shape index (κ2) is 13.5. The molecule has 0 aromatic heterocycles. The molecule has 5 N–H and O–H groups in total. The molecule has 3 rings (SSSR count). The first kappa shape index (κ1) is 27.1. The Morgan fingerprint density at radius 3 is 2.25 bits per heavy atom. The van der Waals surface area contributed by atoms with E-state index in [-0.39, 0.29) is 5.91 Å². The Hall–Kier alpha value is -3.51. The van der Waals surface area contributed by atoms with Crippen LogP contribution in [0, 0.1) is 11.8 Å².